The highest BCUT2D eigenvalue weighted by Crippen LogP contribution is 2.32. The number of carbonyl (C=O) groups is 1. The fourth-order valence-electron chi connectivity index (χ4n) is 3.87. The summed E-state index contributed by atoms with van der Waals surface area (Å²) >= 11 is 0. The number of amides is 1. The highest BCUT2D eigenvalue weighted by Gasteiger charge is 2.31. The lowest BCUT2D eigenvalue weighted by atomic mass is 10.1. The van der Waals surface area contributed by atoms with E-state index in [4.69, 9.17) is 4.52 Å². The van der Waals surface area contributed by atoms with Gasteiger partial charge in [0, 0.05) is 62.9 Å². The van der Waals surface area contributed by atoms with Crippen molar-refractivity contribution < 1.29 is 22.5 Å². The maximum atomic E-state index is 13.0. The van der Waals surface area contributed by atoms with Gasteiger partial charge in [0.25, 0.3) is 5.91 Å². The highest BCUT2D eigenvalue weighted by molar-refractivity contribution is 6.00. The van der Waals surface area contributed by atoms with Gasteiger partial charge in [0.1, 0.15) is 17.0 Å². The molecule has 33 heavy (non-hydrogen) atoms. The van der Waals surface area contributed by atoms with Crippen LogP contribution in [-0.4, -0.2) is 60.2 Å². The van der Waals surface area contributed by atoms with Crippen LogP contribution < -0.4 is 10.2 Å². The molecule has 1 fully saturated rings. The van der Waals surface area contributed by atoms with Crippen molar-refractivity contribution in [3.63, 3.8) is 0 Å². The fraction of sp³-hybridized carbons (Fsp3) is 0.348. The van der Waals surface area contributed by atoms with Crippen LogP contribution in [0.15, 0.2) is 53.3 Å². The van der Waals surface area contributed by atoms with E-state index in [0.717, 1.165) is 11.6 Å². The third-order valence-corrected chi connectivity index (χ3v) is 5.67. The van der Waals surface area contributed by atoms with Gasteiger partial charge in [-0.05, 0) is 37.3 Å². The molecule has 1 aromatic carbocycles. The predicted molar refractivity (Wildman–Crippen MR) is 117 cm³/mol. The van der Waals surface area contributed by atoms with Gasteiger partial charge in [-0.1, -0.05) is 11.2 Å². The number of aromatic nitrogens is 2. The molecule has 1 aliphatic rings. The molecule has 174 valence electrons. The minimum Gasteiger partial charge on any atom is -0.369 e. The number of benzene rings is 1. The Kier molecular flexibility index (Phi) is 6.64. The highest BCUT2D eigenvalue weighted by atomic mass is 19.4. The molecule has 10 heteroatoms. The summed E-state index contributed by atoms with van der Waals surface area (Å²) in [5, 5.41) is 6.93. The van der Waals surface area contributed by atoms with E-state index in [1.807, 2.05) is 4.90 Å². The number of hydrogen-bond donors (Lipinski definition) is 1. The third kappa shape index (κ3) is 5.33. The second-order valence-corrected chi connectivity index (χ2v) is 7.83. The van der Waals surface area contributed by atoms with Crippen LogP contribution in [0.2, 0.25) is 0 Å². The van der Waals surface area contributed by atoms with E-state index in [0.29, 0.717) is 62.0 Å². The van der Waals surface area contributed by atoms with Crippen LogP contribution in [0.4, 0.5) is 18.9 Å². The number of anilines is 1. The molecule has 3 aromatic rings. The van der Waals surface area contributed by atoms with E-state index in [2.05, 4.69) is 20.4 Å². The summed E-state index contributed by atoms with van der Waals surface area (Å²) in [4.78, 5) is 20.9. The van der Waals surface area contributed by atoms with Crippen LogP contribution in [0, 0.1) is 6.92 Å². The Hall–Kier alpha value is -3.40. The Morgan fingerprint density at radius 2 is 1.85 bits per heavy atom. The maximum Gasteiger partial charge on any atom is 0.416 e. The Morgan fingerprint density at radius 3 is 2.55 bits per heavy atom. The summed E-state index contributed by atoms with van der Waals surface area (Å²) in [7, 11) is 0. The average molecular weight is 459 g/mol. The number of hydrogen-bond acceptors (Lipinski definition) is 6. The average Bonchev–Trinajstić information content (AvgIpc) is 3.21. The lowest BCUT2D eigenvalue weighted by Crippen LogP contribution is -2.48. The van der Waals surface area contributed by atoms with E-state index in [-0.39, 0.29) is 5.91 Å². The number of aryl methyl sites for hydroxylation is 1. The molecule has 1 aliphatic heterocycles. The minimum absolute atomic E-state index is 0.261. The van der Waals surface area contributed by atoms with Crippen molar-refractivity contribution in [1.82, 2.24) is 20.4 Å². The first kappa shape index (κ1) is 22.8. The second-order valence-electron chi connectivity index (χ2n) is 7.83. The summed E-state index contributed by atoms with van der Waals surface area (Å²) < 4.78 is 44.2. The van der Waals surface area contributed by atoms with Crippen LogP contribution in [0.5, 0.6) is 0 Å². The molecule has 0 unspecified atom stereocenters. The summed E-state index contributed by atoms with van der Waals surface area (Å²) in [5.41, 5.74) is 1.56. The molecular weight excluding hydrogens is 435 g/mol. The molecule has 0 atom stereocenters. The number of rotatable bonds is 6. The molecule has 0 aliphatic carbocycles. The normalized spacial score (nSPS) is 15.0. The zero-order valence-electron chi connectivity index (χ0n) is 18.1. The quantitative estimate of drug-likeness (QED) is 0.607. The van der Waals surface area contributed by atoms with E-state index in [1.165, 1.54) is 12.1 Å². The molecule has 2 aromatic heterocycles. The number of piperazine rings is 1. The van der Waals surface area contributed by atoms with Crippen LogP contribution in [0.1, 0.15) is 21.7 Å². The number of nitrogens with zero attached hydrogens (tertiary/aromatic N) is 4. The lowest BCUT2D eigenvalue weighted by Gasteiger charge is -2.36. The number of alkyl halides is 3. The summed E-state index contributed by atoms with van der Waals surface area (Å²) in [6, 6.07) is 8.94. The van der Waals surface area contributed by atoms with Gasteiger partial charge in [-0.25, -0.2) is 0 Å². The molecule has 0 saturated carbocycles. The number of halogens is 3. The molecule has 1 amide bonds. The van der Waals surface area contributed by atoms with Crippen molar-refractivity contribution in [2.24, 2.45) is 0 Å². The van der Waals surface area contributed by atoms with Gasteiger partial charge in [-0.2, -0.15) is 13.2 Å². The first-order chi connectivity index (χ1) is 15.8. The molecule has 3 heterocycles. The number of carbonyl (C=O) groups excluding carboxylic acids is 1. The molecule has 7 nitrogen and oxygen atoms in total. The van der Waals surface area contributed by atoms with E-state index >= 15 is 0 Å². The van der Waals surface area contributed by atoms with Crippen molar-refractivity contribution in [2.75, 3.05) is 44.2 Å². The lowest BCUT2D eigenvalue weighted by molar-refractivity contribution is -0.137. The Bertz CT molecular complexity index is 1090. The molecular formula is C23H24F3N5O2. The van der Waals surface area contributed by atoms with Crippen LogP contribution >= 0.6 is 0 Å². The first-order valence-electron chi connectivity index (χ1n) is 10.6. The second kappa shape index (κ2) is 9.62. The molecule has 0 radical (unpaired) electrons. The summed E-state index contributed by atoms with van der Waals surface area (Å²) in [6.07, 6.45) is -1.10. The van der Waals surface area contributed by atoms with E-state index < -0.39 is 11.7 Å². The van der Waals surface area contributed by atoms with Gasteiger partial charge in [-0.3, -0.25) is 14.7 Å². The van der Waals surface area contributed by atoms with Gasteiger partial charge >= 0.3 is 6.18 Å². The fourth-order valence-corrected chi connectivity index (χ4v) is 3.87. The van der Waals surface area contributed by atoms with E-state index in [1.54, 1.807) is 37.5 Å². The zero-order valence-corrected chi connectivity index (χ0v) is 18.1. The van der Waals surface area contributed by atoms with Gasteiger partial charge in [0.2, 0.25) is 0 Å². The number of pyridine rings is 1. The van der Waals surface area contributed by atoms with Crippen LogP contribution in [0.25, 0.3) is 11.3 Å². The van der Waals surface area contributed by atoms with Crippen molar-refractivity contribution in [2.45, 2.75) is 13.1 Å². The zero-order chi connectivity index (χ0) is 23.4. The third-order valence-electron chi connectivity index (χ3n) is 5.67. The predicted octanol–water partition coefficient (Wildman–Crippen LogP) is 3.62. The summed E-state index contributed by atoms with van der Waals surface area (Å²) in [6.45, 7) is 5.39. The van der Waals surface area contributed by atoms with Crippen LogP contribution in [-0.2, 0) is 6.18 Å². The van der Waals surface area contributed by atoms with Crippen molar-refractivity contribution in [1.29, 1.82) is 0 Å². The molecule has 0 bridgehead atoms. The molecule has 1 saturated heterocycles. The van der Waals surface area contributed by atoms with Gasteiger partial charge < -0.3 is 14.7 Å². The monoisotopic (exact) mass is 459 g/mol. The smallest absolute Gasteiger partial charge is 0.369 e. The maximum absolute atomic E-state index is 13.0. The first-order valence-corrected chi connectivity index (χ1v) is 10.6. The minimum atomic E-state index is -4.35. The Morgan fingerprint density at radius 1 is 1.12 bits per heavy atom. The van der Waals surface area contributed by atoms with Gasteiger partial charge in [-0.15, -0.1) is 0 Å². The van der Waals surface area contributed by atoms with Crippen LogP contribution in [0.3, 0.4) is 0 Å². The summed E-state index contributed by atoms with van der Waals surface area (Å²) in [5.74, 6) is 0.178. The Labute approximate surface area is 189 Å². The largest absolute Gasteiger partial charge is 0.416 e. The molecule has 1 N–H and O–H groups in total. The Balaban J connectivity index is 1.29. The standard InChI is InChI=1S/C23H24F3N5O2/c1-16-20(21(29-33-16)17-5-7-27-8-6-17)22(32)28-9-10-30-11-13-31(14-12-30)19-4-2-3-18(15-19)23(24,25)26/h2-8,15H,9-14H2,1H3,(H,28,32). The van der Waals surface area contributed by atoms with Gasteiger partial charge in [0.05, 0.1) is 5.56 Å². The SMILES string of the molecule is Cc1onc(-c2ccncc2)c1C(=O)NCCN1CCN(c2cccc(C(F)(F)F)c2)CC1. The topological polar surface area (TPSA) is 74.5 Å². The van der Waals surface area contributed by atoms with Crippen molar-refractivity contribution in [3.05, 3.63) is 65.7 Å². The molecule has 4 rings (SSSR count). The van der Waals surface area contributed by atoms with Crippen molar-refractivity contribution >= 4 is 11.6 Å². The van der Waals surface area contributed by atoms with E-state index in [9.17, 15) is 18.0 Å². The number of nitrogens with one attached hydrogen (secondary N) is 1. The van der Waals surface area contributed by atoms with Crippen molar-refractivity contribution in [3.8, 4) is 11.3 Å². The molecule has 0 spiro atoms. The van der Waals surface area contributed by atoms with Gasteiger partial charge in [0.15, 0.2) is 0 Å².